The molecule has 0 N–H and O–H groups in total. The minimum Gasteiger partial charge on any atom is -0.324 e. The van der Waals surface area contributed by atoms with Gasteiger partial charge in [0.25, 0.3) is 5.91 Å². The Hall–Kier alpha value is -3.81. The lowest BCUT2D eigenvalue weighted by atomic mass is 9.87. The molecule has 0 saturated heterocycles. The first-order valence-electron chi connectivity index (χ1n) is 11.6. The van der Waals surface area contributed by atoms with Gasteiger partial charge in [0.2, 0.25) is 5.82 Å². The van der Waals surface area contributed by atoms with Crippen LogP contribution >= 0.6 is 0 Å². The standard InChI is InChI=1S/C26H27FN6O/c1-4-19-15-21-23(29-31(3)24(21)17-10-9-11-18(27)14-17)22(5-2)33(19)26(34)25-28-16-32(30-25)20-12-7-6-8-13-20/h6-14,16,19,22H,4-5,15H2,1-3H3. The Kier molecular flexibility index (Phi) is 5.73. The van der Waals surface area contributed by atoms with Crippen molar-refractivity contribution in [2.24, 2.45) is 7.05 Å². The number of nitrogens with zero attached hydrogens (tertiary/aromatic N) is 6. The molecule has 8 heteroatoms. The number of hydrogen-bond acceptors (Lipinski definition) is 4. The van der Waals surface area contributed by atoms with Crippen LogP contribution in [-0.4, -0.2) is 41.4 Å². The van der Waals surface area contributed by atoms with Gasteiger partial charge in [0, 0.05) is 24.2 Å². The molecule has 0 spiro atoms. The first kappa shape index (κ1) is 22.0. The molecule has 2 atom stereocenters. The van der Waals surface area contributed by atoms with Gasteiger partial charge in [0.15, 0.2) is 0 Å². The Balaban J connectivity index is 1.54. The van der Waals surface area contributed by atoms with Crippen LogP contribution in [0, 0.1) is 5.82 Å². The average molecular weight is 459 g/mol. The summed E-state index contributed by atoms with van der Waals surface area (Å²) in [6.45, 7) is 4.14. The number of aromatic nitrogens is 5. The number of hydrogen-bond donors (Lipinski definition) is 0. The molecule has 4 aromatic rings. The SMILES string of the molecule is CCC1Cc2c(nn(C)c2-c2cccc(F)c2)C(CC)N1C(=O)c1ncn(-c2ccccc2)n1. The van der Waals surface area contributed by atoms with E-state index in [-0.39, 0.29) is 29.6 Å². The topological polar surface area (TPSA) is 68.8 Å². The summed E-state index contributed by atoms with van der Waals surface area (Å²) in [6.07, 6.45) is 3.70. The van der Waals surface area contributed by atoms with E-state index in [9.17, 15) is 9.18 Å². The Morgan fingerprint density at radius 2 is 1.85 bits per heavy atom. The van der Waals surface area contributed by atoms with E-state index >= 15 is 0 Å². The van der Waals surface area contributed by atoms with Crippen molar-refractivity contribution in [2.45, 2.75) is 45.2 Å². The van der Waals surface area contributed by atoms with Crippen LogP contribution in [0.5, 0.6) is 0 Å². The predicted octanol–water partition coefficient (Wildman–Crippen LogP) is 4.74. The molecule has 1 aliphatic rings. The summed E-state index contributed by atoms with van der Waals surface area (Å²) in [5.41, 5.74) is 4.50. The van der Waals surface area contributed by atoms with Crippen LogP contribution in [0.15, 0.2) is 60.9 Å². The van der Waals surface area contributed by atoms with Gasteiger partial charge in [0.1, 0.15) is 12.1 Å². The minimum absolute atomic E-state index is 0.0369. The predicted molar refractivity (Wildman–Crippen MR) is 127 cm³/mol. The number of amides is 1. The number of rotatable bonds is 5. The minimum atomic E-state index is -0.278. The van der Waals surface area contributed by atoms with Crippen LogP contribution in [0.3, 0.4) is 0 Å². The highest BCUT2D eigenvalue weighted by Crippen LogP contribution is 2.40. The van der Waals surface area contributed by atoms with Gasteiger partial charge in [-0.1, -0.05) is 44.2 Å². The van der Waals surface area contributed by atoms with E-state index in [1.54, 1.807) is 17.1 Å². The third-order valence-corrected chi connectivity index (χ3v) is 6.56. The number of aryl methyl sites for hydroxylation is 1. The second-order valence-electron chi connectivity index (χ2n) is 8.60. The molecule has 7 nitrogen and oxygen atoms in total. The van der Waals surface area contributed by atoms with Crippen molar-refractivity contribution in [1.82, 2.24) is 29.4 Å². The Labute approximate surface area is 197 Å². The summed E-state index contributed by atoms with van der Waals surface area (Å²) >= 11 is 0. The Morgan fingerprint density at radius 1 is 1.06 bits per heavy atom. The van der Waals surface area contributed by atoms with Crippen molar-refractivity contribution in [3.8, 4) is 16.9 Å². The maximum atomic E-state index is 14.0. The van der Waals surface area contributed by atoms with Crippen molar-refractivity contribution < 1.29 is 9.18 Å². The zero-order valence-corrected chi connectivity index (χ0v) is 19.5. The molecule has 1 aliphatic heterocycles. The fourth-order valence-electron chi connectivity index (χ4n) is 4.99. The molecule has 0 radical (unpaired) electrons. The van der Waals surface area contributed by atoms with E-state index in [1.807, 2.05) is 53.0 Å². The summed E-state index contributed by atoms with van der Waals surface area (Å²) in [5, 5.41) is 9.29. The van der Waals surface area contributed by atoms with Crippen molar-refractivity contribution in [1.29, 1.82) is 0 Å². The molecule has 0 fully saturated rings. The summed E-state index contributed by atoms with van der Waals surface area (Å²) in [5.74, 6) is -0.304. The average Bonchev–Trinajstić information content (AvgIpc) is 3.47. The molecule has 2 aromatic heterocycles. The third-order valence-electron chi connectivity index (χ3n) is 6.56. The van der Waals surface area contributed by atoms with Gasteiger partial charge in [-0.05, 0) is 43.5 Å². The summed E-state index contributed by atoms with van der Waals surface area (Å²) in [6, 6.07) is 16.0. The van der Waals surface area contributed by atoms with Gasteiger partial charge >= 0.3 is 0 Å². The second kappa shape index (κ2) is 8.85. The Bertz CT molecular complexity index is 1330. The molecular formula is C26H27FN6O. The smallest absolute Gasteiger partial charge is 0.294 e. The fourth-order valence-corrected chi connectivity index (χ4v) is 4.99. The van der Waals surface area contributed by atoms with E-state index in [2.05, 4.69) is 23.9 Å². The highest BCUT2D eigenvalue weighted by Gasteiger charge is 2.41. The van der Waals surface area contributed by atoms with Crippen LogP contribution in [0.2, 0.25) is 0 Å². The molecular weight excluding hydrogens is 431 g/mol. The lowest BCUT2D eigenvalue weighted by molar-refractivity contribution is 0.0500. The van der Waals surface area contributed by atoms with Crippen molar-refractivity contribution in [2.75, 3.05) is 0 Å². The van der Waals surface area contributed by atoms with Crippen LogP contribution in [0.1, 0.15) is 54.6 Å². The van der Waals surface area contributed by atoms with Gasteiger partial charge in [-0.25, -0.2) is 14.1 Å². The molecule has 34 heavy (non-hydrogen) atoms. The molecule has 174 valence electrons. The van der Waals surface area contributed by atoms with E-state index in [0.29, 0.717) is 12.8 Å². The molecule has 5 rings (SSSR count). The van der Waals surface area contributed by atoms with Gasteiger partial charge in [0.05, 0.1) is 23.1 Å². The highest BCUT2D eigenvalue weighted by atomic mass is 19.1. The number of halogens is 1. The Morgan fingerprint density at radius 3 is 2.56 bits per heavy atom. The molecule has 1 amide bonds. The van der Waals surface area contributed by atoms with E-state index in [4.69, 9.17) is 5.10 Å². The van der Waals surface area contributed by atoms with Crippen LogP contribution < -0.4 is 0 Å². The van der Waals surface area contributed by atoms with Crippen LogP contribution in [-0.2, 0) is 13.5 Å². The fraction of sp³-hybridized carbons (Fsp3) is 0.308. The van der Waals surface area contributed by atoms with Crippen molar-refractivity contribution in [3.63, 3.8) is 0 Å². The van der Waals surface area contributed by atoms with E-state index < -0.39 is 0 Å². The lowest BCUT2D eigenvalue weighted by Gasteiger charge is -2.40. The number of carbonyl (C=O) groups excluding carboxylic acids is 1. The third kappa shape index (κ3) is 3.69. The zero-order valence-electron chi connectivity index (χ0n) is 19.5. The molecule has 2 aromatic carbocycles. The van der Waals surface area contributed by atoms with E-state index in [0.717, 1.165) is 34.6 Å². The van der Waals surface area contributed by atoms with Crippen molar-refractivity contribution in [3.05, 3.63) is 83.8 Å². The van der Waals surface area contributed by atoms with E-state index in [1.165, 1.54) is 12.1 Å². The molecule has 0 bridgehead atoms. The molecule has 0 saturated carbocycles. The molecule has 3 heterocycles. The summed E-state index contributed by atoms with van der Waals surface area (Å²) < 4.78 is 17.4. The lowest BCUT2D eigenvalue weighted by Crippen LogP contribution is -2.47. The number of carbonyl (C=O) groups is 1. The van der Waals surface area contributed by atoms with Crippen molar-refractivity contribution >= 4 is 5.91 Å². The normalized spacial score (nSPS) is 17.6. The summed E-state index contributed by atoms with van der Waals surface area (Å²) in [4.78, 5) is 19.9. The largest absolute Gasteiger partial charge is 0.324 e. The first-order valence-corrected chi connectivity index (χ1v) is 11.6. The highest BCUT2D eigenvalue weighted by molar-refractivity contribution is 5.91. The number of benzene rings is 2. The van der Waals surface area contributed by atoms with Crippen LogP contribution in [0.25, 0.3) is 16.9 Å². The molecule has 2 unspecified atom stereocenters. The quantitative estimate of drug-likeness (QED) is 0.433. The summed E-state index contributed by atoms with van der Waals surface area (Å²) in [7, 11) is 1.88. The van der Waals surface area contributed by atoms with Crippen LogP contribution in [0.4, 0.5) is 4.39 Å². The second-order valence-corrected chi connectivity index (χ2v) is 8.60. The van der Waals surface area contributed by atoms with Gasteiger partial charge in [-0.3, -0.25) is 9.48 Å². The zero-order chi connectivity index (χ0) is 23.8. The number of fused-ring (bicyclic) bond motifs is 1. The van der Waals surface area contributed by atoms with Gasteiger partial charge in [-0.15, -0.1) is 5.10 Å². The van der Waals surface area contributed by atoms with Gasteiger partial charge < -0.3 is 4.90 Å². The maximum Gasteiger partial charge on any atom is 0.294 e. The van der Waals surface area contributed by atoms with Gasteiger partial charge in [-0.2, -0.15) is 5.10 Å². The first-order chi connectivity index (χ1) is 16.5. The monoisotopic (exact) mass is 458 g/mol. The number of para-hydroxylation sites is 1. The molecule has 0 aliphatic carbocycles. The maximum absolute atomic E-state index is 14.0.